The smallest absolute Gasteiger partial charge is 0.306 e. The van der Waals surface area contributed by atoms with E-state index >= 15 is 0 Å². The summed E-state index contributed by atoms with van der Waals surface area (Å²) in [7, 11) is -2.35. The second-order valence-electron chi connectivity index (χ2n) is 8.11. The van der Waals surface area contributed by atoms with Gasteiger partial charge in [0.25, 0.3) is 0 Å². The molecule has 0 saturated carbocycles. The van der Waals surface area contributed by atoms with Crippen molar-refractivity contribution in [1.29, 1.82) is 0 Å². The van der Waals surface area contributed by atoms with E-state index < -0.39 is 21.7 Å². The Hall–Kier alpha value is -4.36. The summed E-state index contributed by atoms with van der Waals surface area (Å²) in [6, 6.07) is 10.8. The summed E-state index contributed by atoms with van der Waals surface area (Å²) < 4.78 is 66.5. The van der Waals surface area contributed by atoms with Crippen molar-refractivity contribution >= 4 is 21.8 Å². The van der Waals surface area contributed by atoms with Crippen LogP contribution in [0.4, 0.5) is 14.7 Å². The van der Waals surface area contributed by atoms with Crippen molar-refractivity contribution in [2.45, 2.75) is 11.3 Å². The number of fused-ring (bicyclic) bond motifs is 1. The minimum Gasteiger partial charge on any atom is -0.494 e. The molecule has 0 aliphatic heterocycles. The van der Waals surface area contributed by atoms with Crippen molar-refractivity contribution in [3.8, 4) is 28.4 Å². The highest BCUT2D eigenvalue weighted by molar-refractivity contribution is 7.89. The number of rotatable bonds is 10. The van der Waals surface area contributed by atoms with Crippen LogP contribution in [0.3, 0.4) is 0 Å². The molecule has 2 aromatic carbocycles. The molecule has 2 N–H and O–H groups in total. The number of imidazole rings is 1. The van der Waals surface area contributed by atoms with Gasteiger partial charge in [-0.25, -0.2) is 31.9 Å². The van der Waals surface area contributed by atoms with Gasteiger partial charge in [-0.05, 0) is 55.0 Å². The maximum atomic E-state index is 14.0. The summed E-state index contributed by atoms with van der Waals surface area (Å²) >= 11 is 0. The second-order valence-corrected chi connectivity index (χ2v) is 9.88. The molecule has 0 spiro atoms. The van der Waals surface area contributed by atoms with Gasteiger partial charge in [-0.1, -0.05) is 0 Å². The third kappa shape index (κ3) is 5.19. The number of sulfonamides is 1. The molecule has 5 aromatic rings. The minimum absolute atomic E-state index is 0.0103. The number of nitrogens with one attached hydrogen (secondary N) is 2. The molecule has 0 unspecified atom stereocenters. The topological polar surface area (TPSA) is 124 Å². The van der Waals surface area contributed by atoms with Gasteiger partial charge in [0.15, 0.2) is 11.6 Å². The van der Waals surface area contributed by atoms with Crippen molar-refractivity contribution in [2.75, 3.05) is 25.5 Å². The largest absolute Gasteiger partial charge is 0.494 e. The number of oxazole rings is 1. The average Bonchev–Trinajstić information content (AvgIpc) is 3.51. The van der Waals surface area contributed by atoms with Gasteiger partial charge in [0.1, 0.15) is 23.5 Å². The lowest BCUT2D eigenvalue weighted by Crippen LogP contribution is -2.26. The summed E-state index contributed by atoms with van der Waals surface area (Å²) in [6.07, 6.45) is 5.21. The van der Waals surface area contributed by atoms with Crippen LogP contribution in [-0.2, 0) is 10.0 Å². The van der Waals surface area contributed by atoms with Gasteiger partial charge in [0.05, 0.1) is 17.7 Å². The first kappa shape index (κ1) is 25.3. The first-order valence-electron chi connectivity index (χ1n) is 11.5. The number of nitrogens with zero attached hydrogens (tertiary/aromatic N) is 4. The molecular weight excluding hydrogens is 518 g/mol. The molecule has 5 rings (SSSR count). The molecular formula is C25H22F2N6O4S. The lowest BCUT2D eigenvalue weighted by Gasteiger charge is -2.09. The highest BCUT2D eigenvalue weighted by atomic mass is 32.2. The van der Waals surface area contributed by atoms with Gasteiger partial charge in [0, 0.05) is 31.0 Å². The highest BCUT2D eigenvalue weighted by Crippen LogP contribution is 2.34. The zero-order chi connectivity index (χ0) is 26.7. The Bertz CT molecular complexity index is 1690. The third-order valence-electron chi connectivity index (χ3n) is 5.64. The Morgan fingerprint density at radius 3 is 2.66 bits per heavy atom. The van der Waals surface area contributed by atoms with Gasteiger partial charge in [0.2, 0.25) is 16.0 Å². The Labute approximate surface area is 216 Å². The minimum atomic E-state index is -3.74. The summed E-state index contributed by atoms with van der Waals surface area (Å²) in [5, 5.41) is 3.08. The highest BCUT2D eigenvalue weighted by Gasteiger charge is 2.20. The van der Waals surface area contributed by atoms with Gasteiger partial charge in [-0.15, -0.1) is 0 Å². The second kappa shape index (κ2) is 10.6. The summed E-state index contributed by atoms with van der Waals surface area (Å²) in [5.41, 5.74) is 2.27. The molecule has 3 aromatic heterocycles. The van der Waals surface area contributed by atoms with Crippen molar-refractivity contribution < 1.29 is 26.4 Å². The first-order valence-corrected chi connectivity index (χ1v) is 13.0. The van der Waals surface area contributed by atoms with E-state index in [0.29, 0.717) is 47.4 Å². The van der Waals surface area contributed by atoms with Crippen LogP contribution >= 0.6 is 0 Å². The maximum Gasteiger partial charge on any atom is 0.306 e. The number of ether oxygens (including phenoxy) is 1. The lowest BCUT2D eigenvalue weighted by molar-refractivity contribution is 0.387. The molecule has 0 radical (unpaired) electrons. The predicted molar refractivity (Wildman–Crippen MR) is 135 cm³/mol. The maximum absolute atomic E-state index is 14.0. The fourth-order valence-electron chi connectivity index (χ4n) is 3.81. The van der Waals surface area contributed by atoms with E-state index in [4.69, 9.17) is 9.15 Å². The van der Waals surface area contributed by atoms with Gasteiger partial charge in [-0.2, -0.15) is 4.98 Å². The van der Waals surface area contributed by atoms with Crippen LogP contribution in [-0.4, -0.2) is 48.0 Å². The zero-order valence-electron chi connectivity index (χ0n) is 20.1. The van der Waals surface area contributed by atoms with Crippen LogP contribution < -0.4 is 14.8 Å². The van der Waals surface area contributed by atoms with Crippen LogP contribution in [0.1, 0.15) is 6.42 Å². The number of aromatic nitrogens is 4. The molecule has 3 heterocycles. The van der Waals surface area contributed by atoms with Crippen LogP contribution in [0, 0.1) is 11.6 Å². The standard InChI is InChI=1S/C25H22F2N6O4S/c1-36-21-15-16(3-8-19(21)27)22-23(33-13-14-37-25(33)32-22)20-9-12-29-24(31-20)28-10-2-11-30-38(34,35)18-6-4-17(26)5-7-18/h3-9,12-15,30H,2,10-11H2,1H3,(H,28,29,31). The van der Waals surface area contributed by atoms with Crippen molar-refractivity contribution in [3.63, 3.8) is 0 Å². The molecule has 38 heavy (non-hydrogen) atoms. The molecule has 0 aliphatic carbocycles. The van der Waals surface area contributed by atoms with Gasteiger partial charge >= 0.3 is 5.84 Å². The molecule has 10 nitrogen and oxygen atoms in total. The Kier molecular flexibility index (Phi) is 7.03. The Morgan fingerprint density at radius 2 is 1.87 bits per heavy atom. The average molecular weight is 541 g/mol. The normalized spacial score (nSPS) is 11.7. The molecule has 0 aliphatic rings. The van der Waals surface area contributed by atoms with E-state index in [1.165, 1.54) is 31.6 Å². The molecule has 196 valence electrons. The molecule has 0 bridgehead atoms. The van der Waals surface area contributed by atoms with E-state index in [1.54, 1.807) is 35.0 Å². The lowest BCUT2D eigenvalue weighted by atomic mass is 10.1. The monoisotopic (exact) mass is 540 g/mol. The summed E-state index contributed by atoms with van der Waals surface area (Å²) in [4.78, 5) is 13.4. The predicted octanol–water partition coefficient (Wildman–Crippen LogP) is 4.12. The zero-order valence-corrected chi connectivity index (χ0v) is 20.9. The quantitative estimate of drug-likeness (QED) is 0.254. The van der Waals surface area contributed by atoms with E-state index in [-0.39, 0.29) is 17.2 Å². The molecule has 0 amide bonds. The summed E-state index contributed by atoms with van der Waals surface area (Å²) in [5.74, 6) is -0.263. The number of hydrogen-bond donors (Lipinski definition) is 2. The molecule has 0 saturated heterocycles. The Balaban J connectivity index is 1.30. The molecule has 0 fully saturated rings. The Morgan fingerprint density at radius 1 is 1.05 bits per heavy atom. The molecule has 0 atom stereocenters. The summed E-state index contributed by atoms with van der Waals surface area (Å²) in [6.45, 7) is 0.534. The number of benzene rings is 2. The fraction of sp³-hybridized carbons (Fsp3) is 0.160. The van der Waals surface area contributed by atoms with Crippen molar-refractivity contribution in [1.82, 2.24) is 24.1 Å². The van der Waals surface area contributed by atoms with Crippen LogP contribution in [0.15, 0.2) is 76.5 Å². The van der Waals surface area contributed by atoms with Crippen LogP contribution in [0.2, 0.25) is 0 Å². The molecule has 13 heteroatoms. The van der Waals surface area contributed by atoms with E-state index in [2.05, 4.69) is 25.0 Å². The van der Waals surface area contributed by atoms with Crippen LogP contribution in [0.5, 0.6) is 5.75 Å². The van der Waals surface area contributed by atoms with E-state index in [0.717, 1.165) is 12.1 Å². The van der Waals surface area contributed by atoms with E-state index in [1.807, 2.05) is 0 Å². The van der Waals surface area contributed by atoms with Crippen molar-refractivity contribution in [2.24, 2.45) is 0 Å². The SMILES string of the molecule is COc1cc(-c2nc3occn3c2-c2ccnc(NCCCNS(=O)(=O)c3ccc(F)cc3)n2)ccc1F. The number of hydrogen-bond acceptors (Lipinski definition) is 8. The van der Waals surface area contributed by atoms with Gasteiger partial charge in [-0.3, -0.25) is 4.40 Å². The third-order valence-corrected chi connectivity index (χ3v) is 7.11. The van der Waals surface area contributed by atoms with Gasteiger partial charge < -0.3 is 14.5 Å². The number of halogens is 2. The fourth-order valence-corrected chi connectivity index (χ4v) is 4.88. The first-order chi connectivity index (χ1) is 18.4. The number of anilines is 1. The number of methoxy groups -OCH3 is 1. The van der Waals surface area contributed by atoms with Crippen molar-refractivity contribution in [3.05, 3.63) is 78.8 Å². The van der Waals surface area contributed by atoms with Crippen LogP contribution in [0.25, 0.3) is 28.5 Å². The van der Waals surface area contributed by atoms with E-state index in [9.17, 15) is 17.2 Å².